The van der Waals surface area contributed by atoms with Crippen LogP contribution in [-0.2, 0) is 11.3 Å². The number of benzene rings is 1. The third kappa shape index (κ3) is 3.68. The van der Waals surface area contributed by atoms with E-state index in [9.17, 15) is 4.79 Å². The van der Waals surface area contributed by atoms with Crippen LogP contribution in [0.1, 0.15) is 21.7 Å². The zero-order valence-corrected chi connectivity index (χ0v) is 14.2. The van der Waals surface area contributed by atoms with E-state index in [1.165, 1.54) is 18.0 Å². The Morgan fingerprint density at radius 3 is 2.85 bits per heavy atom. The van der Waals surface area contributed by atoms with Gasteiger partial charge in [0.15, 0.2) is 5.69 Å². The Kier molecular flexibility index (Phi) is 5.20. The number of methoxy groups -OCH3 is 1. The maximum Gasteiger partial charge on any atom is 0.293 e. The average molecular weight is 377 g/mol. The molecule has 0 spiro atoms. The van der Waals surface area contributed by atoms with Crippen molar-refractivity contribution in [1.29, 1.82) is 0 Å². The van der Waals surface area contributed by atoms with Crippen LogP contribution in [-0.4, -0.2) is 44.5 Å². The number of carbonyl (C=O) groups excluding carboxylic acids is 1. The summed E-state index contributed by atoms with van der Waals surface area (Å²) in [6.45, 7) is 0.0307. The number of anilines is 1. The highest BCUT2D eigenvalue weighted by Gasteiger charge is 2.23. The molecule has 0 fully saturated rings. The molecule has 12 heteroatoms. The smallest absolute Gasteiger partial charge is 0.293 e. The molecule has 1 amide bonds. The Balaban J connectivity index is 1.79. The molecular weight excluding hydrogens is 364 g/mol. The molecule has 1 aromatic carbocycles. The number of halogens is 1. The van der Waals surface area contributed by atoms with Crippen molar-refractivity contribution >= 4 is 29.5 Å². The molecule has 0 atom stereocenters. The molecule has 0 saturated carbocycles. The van der Waals surface area contributed by atoms with E-state index in [2.05, 4.69) is 35.8 Å². The summed E-state index contributed by atoms with van der Waals surface area (Å²) >= 11 is 5.81. The van der Waals surface area contributed by atoms with E-state index >= 15 is 0 Å². The van der Waals surface area contributed by atoms with Crippen molar-refractivity contribution in [1.82, 2.24) is 30.7 Å². The van der Waals surface area contributed by atoms with E-state index in [-0.39, 0.29) is 23.9 Å². The van der Waals surface area contributed by atoms with Gasteiger partial charge >= 0.3 is 0 Å². The van der Waals surface area contributed by atoms with Crippen molar-refractivity contribution in [3.63, 3.8) is 0 Å². The monoisotopic (exact) mass is 376 g/mol. The van der Waals surface area contributed by atoms with Crippen molar-refractivity contribution < 1.29 is 14.2 Å². The quantitative estimate of drug-likeness (QED) is 0.474. The number of nitrogens with zero attached hydrogens (tertiary/aromatic N) is 6. The van der Waals surface area contributed by atoms with Gasteiger partial charge in [-0.1, -0.05) is 28.9 Å². The van der Waals surface area contributed by atoms with Crippen LogP contribution < -0.4 is 11.2 Å². The summed E-state index contributed by atoms with van der Waals surface area (Å²) in [6.07, 6.45) is 1.47. The number of ether oxygens (including phenoxy) is 1. The number of carbonyl (C=O) groups is 1. The fourth-order valence-corrected chi connectivity index (χ4v) is 2.15. The second kappa shape index (κ2) is 7.72. The van der Waals surface area contributed by atoms with Gasteiger partial charge in [-0.2, -0.15) is 9.78 Å². The third-order valence-corrected chi connectivity index (χ3v) is 3.46. The van der Waals surface area contributed by atoms with Crippen molar-refractivity contribution in [2.75, 3.05) is 12.8 Å². The van der Waals surface area contributed by atoms with Gasteiger partial charge in [-0.3, -0.25) is 4.79 Å². The Bertz CT molecular complexity index is 934. The highest BCUT2D eigenvalue weighted by molar-refractivity contribution is 6.30. The minimum atomic E-state index is -0.580. The van der Waals surface area contributed by atoms with Crippen LogP contribution in [0.5, 0.6) is 0 Å². The van der Waals surface area contributed by atoms with Gasteiger partial charge in [0.2, 0.25) is 11.6 Å². The summed E-state index contributed by atoms with van der Waals surface area (Å²) in [6, 6.07) is 6.93. The van der Waals surface area contributed by atoms with Crippen LogP contribution >= 0.6 is 11.6 Å². The van der Waals surface area contributed by atoms with Crippen molar-refractivity contribution in [2.45, 2.75) is 6.61 Å². The lowest BCUT2D eigenvalue weighted by molar-refractivity contribution is 0.0944. The number of aromatic nitrogens is 5. The lowest BCUT2D eigenvalue weighted by Crippen LogP contribution is -2.20. The maximum atomic E-state index is 12.3. The molecular formula is C14H13ClN8O3. The van der Waals surface area contributed by atoms with Crippen LogP contribution in [0.25, 0.3) is 5.82 Å². The SMILES string of the molecule is COCc1c(C(=O)N/N=C\c2ccc(Cl)cc2)nnn1-c1nonc1N. The molecule has 2 heterocycles. The first-order valence-corrected chi connectivity index (χ1v) is 7.59. The number of hydrogen-bond acceptors (Lipinski definition) is 9. The van der Waals surface area contributed by atoms with Gasteiger partial charge in [0.25, 0.3) is 5.91 Å². The summed E-state index contributed by atoms with van der Waals surface area (Å²) in [5, 5.41) is 19.3. The van der Waals surface area contributed by atoms with Gasteiger partial charge in [0.1, 0.15) is 5.69 Å². The van der Waals surface area contributed by atoms with E-state index < -0.39 is 5.91 Å². The molecule has 0 bridgehead atoms. The number of hydrazone groups is 1. The number of rotatable bonds is 6. The second-order valence-corrected chi connectivity index (χ2v) is 5.39. The Morgan fingerprint density at radius 1 is 1.42 bits per heavy atom. The molecule has 134 valence electrons. The highest BCUT2D eigenvalue weighted by Crippen LogP contribution is 2.16. The van der Waals surface area contributed by atoms with E-state index in [0.29, 0.717) is 10.7 Å². The van der Waals surface area contributed by atoms with Crippen LogP contribution in [0, 0.1) is 0 Å². The second-order valence-electron chi connectivity index (χ2n) is 4.95. The molecule has 0 saturated heterocycles. The molecule has 26 heavy (non-hydrogen) atoms. The predicted molar refractivity (Wildman–Crippen MR) is 90.9 cm³/mol. The summed E-state index contributed by atoms with van der Waals surface area (Å²) in [4.78, 5) is 12.3. The first-order valence-electron chi connectivity index (χ1n) is 7.21. The molecule has 0 aliphatic heterocycles. The molecule has 2 aromatic heterocycles. The number of nitrogens with two attached hydrogens (primary N) is 1. The summed E-state index contributed by atoms with van der Waals surface area (Å²) in [7, 11) is 1.46. The third-order valence-electron chi connectivity index (χ3n) is 3.21. The van der Waals surface area contributed by atoms with Gasteiger partial charge in [-0.05, 0) is 28.0 Å². The number of nitrogens with one attached hydrogen (secondary N) is 1. The first kappa shape index (κ1) is 17.5. The zero-order valence-electron chi connectivity index (χ0n) is 13.5. The van der Waals surface area contributed by atoms with Gasteiger partial charge < -0.3 is 10.5 Å². The topological polar surface area (TPSA) is 146 Å². The molecule has 3 N–H and O–H groups in total. The minimum Gasteiger partial charge on any atom is -0.378 e. The number of hydrogen-bond donors (Lipinski definition) is 2. The Morgan fingerprint density at radius 2 is 2.19 bits per heavy atom. The summed E-state index contributed by atoms with van der Waals surface area (Å²) in [5.41, 5.74) is 9.09. The number of amides is 1. The van der Waals surface area contributed by atoms with E-state index in [1.54, 1.807) is 24.3 Å². The Hall–Kier alpha value is -3.31. The molecule has 3 rings (SSSR count). The minimum absolute atomic E-state index is 0.0000274. The molecule has 0 radical (unpaired) electrons. The normalized spacial score (nSPS) is 11.2. The fourth-order valence-electron chi connectivity index (χ4n) is 2.02. The lowest BCUT2D eigenvalue weighted by Gasteiger charge is -2.03. The van der Waals surface area contributed by atoms with Crippen LogP contribution in [0.2, 0.25) is 5.02 Å². The van der Waals surface area contributed by atoms with E-state index in [1.807, 2.05) is 0 Å². The van der Waals surface area contributed by atoms with Crippen LogP contribution in [0.15, 0.2) is 34.0 Å². The fraction of sp³-hybridized carbons (Fsp3) is 0.143. The van der Waals surface area contributed by atoms with Crippen molar-refractivity contribution in [3.8, 4) is 5.82 Å². The molecule has 0 unspecified atom stereocenters. The number of nitrogen functional groups attached to an aromatic ring is 1. The Labute approximate surface area is 151 Å². The predicted octanol–water partition coefficient (Wildman–Crippen LogP) is 0.796. The van der Waals surface area contributed by atoms with Crippen molar-refractivity contribution in [3.05, 3.63) is 46.2 Å². The molecule has 11 nitrogen and oxygen atoms in total. The maximum absolute atomic E-state index is 12.3. The average Bonchev–Trinajstić information content (AvgIpc) is 3.23. The van der Waals surface area contributed by atoms with Crippen LogP contribution in [0.3, 0.4) is 0 Å². The molecule has 0 aliphatic rings. The molecule has 0 aliphatic carbocycles. The zero-order chi connectivity index (χ0) is 18.5. The molecule has 3 aromatic rings. The van der Waals surface area contributed by atoms with Crippen LogP contribution in [0.4, 0.5) is 5.82 Å². The van der Waals surface area contributed by atoms with Crippen molar-refractivity contribution in [2.24, 2.45) is 5.10 Å². The summed E-state index contributed by atoms with van der Waals surface area (Å²) < 4.78 is 10.8. The van der Waals surface area contributed by atoms with Gasteiger partial charge in [0, 0.05) is 12.1 Å². The van der Waals surface area contributed by atoms with Gasteiger partial charge in [-0.15, -0.1) is 5.10 Å². The largest absolute Gasteiger partial charge is 0.378 e. The standard InChI is InChI=1S/C14H13ClN8O3/c1-25-7-10-11(18-22-23(10)13-12(16)20-26-21-13)14(24)19-17-6-8-2-4-9(15)5-3-8/h2-6H,7H2,1H3,(H2,16,20)(H,19,24)/b17-6-. The first-order chi connectivity index (χ1) is 12.6. The van der Waals surface area contributed by atoms with E-state index in [4.69, 9.17) is 22.1 Å². The van der Waals surface area contributed by atoms with Gasteiger partial charge in [-0.25, -0.2) is 10.1 Å². The highest BCUT2D eigenvalue weighted by atomic mass is 35.5. The van der Waals surface area contributed by atoms with Gasteiger partial charge in [0.05, 0.1) is 12.8 Å². The lowest BCUT2D eigenvalue weighted by atomic mass is 10.2. The summed E-state index contributed by atoms with van der Waals surface area (Å²) in [5.74, 6) is -0.475. The van der Waals surface area contributed by atoms with E-state index in [0.717, 1.165) is 5.56 Å².